The molecule has 0 aliphatic rings. The van der Waals surface area contributed by atoms with E-state index in [2.05, 4.69) is 0 Å². The Labute approximate surface area is 179 Å². The van der Waals surface area contributed by atoms with Crippen LogP contribution in [0.3, 0.4) is 0 Å². The van der Waals surface area contributed by atoms with E-state index in [0.29, 0.717) is 17.9 Å². The van der Waals surface area contributed by atoms with Gasteiger partial charge in [-0.05, 0) is 33.9 Å². The van der Waals surface area contributed by atoms with Gasteiger partial charge in [-0.15, -0.1) is 0 Å². The highest BCUT2D eigenvalue weighted by molar-refractivity contribution is 5.87. The summed E-state index contributed by atoms with van der Waals surface area (Å²) in [6.07, 6.45) is 0. The number of hydrogen-bond acceptors (Lipinski definition) is 4. The lowest BCUT2D eigenvalue weighted by Crippen LogP contribution is -2.42. The monoisotopic (exact) mass is 416 g/mol. The summed E-state index contributed by atoms with van der Waals surface area (Å²) in [6.45, 7) is 3.92. The Bertz CT molecular complexity index is 1340. The Morgan fingerprint density at radius 2 is 1.58 bits per heavy atom. The molecule has 0 spiro atoms. The van der Waals surface area contributed by atoms with Gasteiger partial charge in [0.2, 0.25) is 0 Å². The molecule has 31 heavy (non-hydrogen) atoms. The lowest BCUT2D eigenvalue weighted by atomic mass is 9.96. The number of rotatable bonds is 6. The zero-order valence-corrected chi connectivity index (χ0v) is 17.5. The minimum absolute atomic E-state index is 0.101. The molecule has 0 saturated heterocycles. The molecule has 3 aromatic carbocycles. The minimum atomic E-state index is -0.828. The molecule has 158 valence electrons. The highest BCUT2D eigenvalue weighted by Gasteiger charge is 2.22. The molecule has 4 aromatic rings. The number of aromatic nitrogens is 2. The first-order chi connectivity index (χ1) is 15.0. The van der Waals surface area contributed by atoms with Gasteiger partial charge in [0.25, 0.3) is 5.56 Å². The normalized spacial score (nSPS) is 11.3. The average Bonchev–Trinajstić information content (AvgIpc) is 2.79. The van der Waals surface area contributed by atoms with E-state index in [9.17, 15) is 14.8 Å². The molecule has 0 radical (unpaired) electrons. The summed E-state index contributed by atoms with van der Waals surface area (Å²) in [5.41, 5.74) is 0.979. The summed E-state index contributed by atoms with van der Waals surface area (Å²) in [5, 5.41) is 12.2. The van der Waals surface area contributed by atoms with Crippen LogP contribution in [0.2, 0.25) is 0 Å². The molecule has 1 N–H and O–H groups in total. The molecule has 0 fully saturated rings. The zero-order valence-electron chi connectivity index (χ0n) is 17.5. The topological polar surface area (TPSA) is 73.5 Å². The van der Waals surface area contributed by atoms with Crippen molar-refractivity contribution < 1.29 is 9.94 Å². The van der Waals surface area contributed by atoms with Crippen molar-refractivity contribution in [3.8, 4) is 11.3 Å². The maximum Gasteiger partial charge on any atom is 0.366 e. The van der Waals surface area contributed by atoms with Gasteiger partial charge in [0.15, 0.2) is 0 Å². The maximum atomic E-state index is 12.9. The van der Waals surface area contributed by atoms with Crippen molar-refractivity contribution in [1.29, 1.82) is 0 Å². The molecule has 0 unspecified atom stereocenters. The van der Waals surface area contributed by atoms with Crippen molar-refractivity contribution in [3.63, 3.8) is 0 Å². The van der Waals surface area contributed by atoms with Crippen LogP contribution in [-0.2, 0) is 18.1 Å². The van der Waals surface area contributed by atoms with Crippen molar-refractivity contribution in [1.82, 2.24) is 9.30 Å². The fourth-order valence-electron chi connectivity index (χ4n) is 3.77. The predicted molar refractivity (Wildman–Crippen MR) is 120 cm³/mol. The first kappa shape index (κ1) is 20.6. The molecule has 0 saturated carbocycles. The van der Waals surface area contributed by atoms with Crippen LogP contribution in [0.25, 0.3) is 22.0 Å². The van der Waals surface area contributed by atoms with Gasteiger partial charge in [0, 0.05) is 5.56 Å². The van der Waals surface area contributed by atoms with E-state index in [1.807, 2.05) is 86.6 Å². The molecule has 0 aliphatic heterocycles. The van der Waals surface area contributed by atoms with E-state index in [4.69, 9.17) is 4.74 Å². The van der Waals surface area contributed by atoms with E-state index < -0.39 is 11.2 Å². The number of fused-ring (bicyclic) bond motifs is 1. The lowest BCUT2D eigenvalue weighted by Gasteiger charge is -2.20. The zero-order chi connectivity index (χ0) is 22.0. The summed E-state index contributed by atoms with van der Waals surface area (Å²) in [4.78, 5) is 25.7. The quantitative estimate of drug-likeness (QED) is 0.474. The summed E-state index contributed by atoms with van der Waals surface area (Å²) in [6, 6.07) is 23.3. The number of nitrogens with zero attached hydrogens (tertiary/aromatic N) is 2. The average molecular weight is 416 g/mol. The van der Waals surface area contributed by atoms with Crippen LogP contribution in [0.5, 0.6) is 0 Å². The number of hydrogen-bond donors (Lipinski definition) is 1. The summed E-state index contributed by atoms with van der Waals surface area (Å²) >= 11 is 0. The molecule has 0 amide bonds. The second-order valence-corrected chi connectivity index (χ2v) is 7.77. The highest BCUT2D eigenvalue weighted by atomic mass is 16.5. The van der Waals surface area contributed by atoms with E-state index in [0.717, 1.165) is 21.9 Å². The van der Waals surface area contributed by atoms with Crippen LogP contribution in [0.15, 0.2) is 82.4 Å². The van der Waals surface area contributed by atoms with Crippen LogP contribution >= 0.6 is 0 Å². The Kier molecular flexibility index (Phi) is 5.73. The van der Waals surface area contributed by atoms with Crippen LogP contribution in [0.1, 0.15) is 30.9 Å². The van der Waals surface area contributed by atoms with Gasteiger partial charge in [-0.2, -0.15) is 0 Å². The first-order valence-corrected chi connectivity index (χ1v) is 10.2. The fraction of sp³-hybridized carbons (Fsp3) is 0.200. The van der Waals surface area contributed by atoms with Gasteiger partial charge in [-0.1, -0.05) is 85.3 Å². The van der Waals surface area contributed by atoms with Gasteiger partial charge in [-0.25, -0.2) is 4.79 Å². The Balaban J connectivity index is 1.86. The van der Waals surface area contributed by atoms with Crippen molar-refractivity contribution in [2.45, 2.75) is 33.1 Å². The third kappa shape index (κ3) is 4.02. The number of benzene rings is 3. The molecular weight excluding hydrogens is 392 g/mol. The molecular formula is C25H24N2O4. The third-order valence-electron chi connectivity index (χ3n) is 5.29. The second kappa shape index (κ2) is 8.62. The van der Waals surface area contributed by atoms with E-state index in [1.165, 1.54) is 4.57 Å². The molecule has 0 bridgehead atoms. The molecule has 6 heteroatoms. The Hall–Kier alpha value is -3.64. The van der Waals surface area contributed by atoms with Gasteiger partial charge >= 0.3 is 5.69 Å². The van der Waals surface area contributed by atoms with E-state index >= 15 is 0 Å². The largest absolute Gasteiger partial charge is 0.421 e. The van der Waals surface area contributed by atoms with Crippen molar-refractivity contribution in [2.75, 3.05) is 0 Å². The third-order valence-corrected chi connectivity index (χ3v) is 5.29. The van der Waals surface area contributed by atoms with Gasteiger partial charge in [0.05, 0.1) is 12.3 Å². The Morgan fingerprint density at radius 1 is 0.903 bits per heavy atom. The van der Waals surface area contributed by atoms with Crippen molar-refractivity contribution >= 4 is 10.8 Å². The summed E-state index contributed by atoms with van der Waals surface area (Å²) < 4.78 is 7.30. The standard InChI is InChI=1S/C25H24N2O4/c1-17(2)22-23(21-13-12-19-10-6-7-11-20(19)14-21)26(25(29)27(30)24(22)28)16-31-15-18-8-4-3-5-9-18/h3-14,17,30H,15-16H2,1-2H3. The lowest BCUT2D eigenvalue weighted by molar-refractivity contribution is 0.0531. The highest BCUT2D eigenvalue weighted by Crippen LogP contribution is 2.29. The van der Waals surface area contributed by atoms with Crippen molar-refractivity contribution in [2.24, 2.45) is 0 Å². The molecule has 0 atom stereocenters. The molecule has 0 aliphatic carbocycles. The molecule has 1 aromatic heterocycles. The Morgan fingerprint density at radius 3 is 2.29 bits per heavy atom. The van der Waals surface area contributed by atoms with Gasteiger partial charge < -0.3 is 9.94 Å². The number of ether oxygens (including phenoxy) is 1. The van der Waals surface area contributed by atoms with Crippen LogP contribution in [-0.4, -0.2) is 14.5 Å². The minimum Gasteiger partial charge on any atom is -0.421 e. The van der Waals surface area contributed by atoms with Crippen LogP contribution in [0.4, 0.5) is 0 Å². The molecule has 1 heterocycles. The smallest absolute Gasteiger partial charge is 0.366 e. The van der Waals surface area contributed by atoms with E-state index in [-0.39, 0.29) is 17.4 Å². The van der Waals surface area contributed by atoms with Crippen LogP contribution < -0.4 is 11.2 Å². The van der Waals surface area contributed by atoms with Gasteiger partial charge in [0.1, 0.15) is 6.73 Å². The maximum absolute atomic E-state index is 12.9. The predicted octanol–water partition coefficient (Wildman–Crippen LogP) is 4.37. The first-order valence-electron chi connectivity index (χ1n) is 10.2. The molecule has 6 nitrogen and oxygen atoms in total. The SMILES string of the molecule is CC(C)c1c(-c2ccc3ccccc3c2)n(COCc2ccccc2)c(=O)n(O)c1=O. The molecule has 4 rings (SSSR count). The van der Waals surface area contributed by atoms with Crippen LogP contribution in [0, 0.1) is 0 Å². The van der Waals surface area contributed by atoms with Crippen molar-refractivity contribution in [3.05, 3.63) is 105 Å². The summed E-state index contributed by atoms with van der Waals surface area (Å²) in [5.74, 6) is -0.214. The summed E-state index contributed by atoms with van der Waals surface area (Å²) in [7, 11) is 0. The fourth-order valence-corrected chi connectivity index (χ4v) is 3.77. The second-order valence-electron chi connectivity index (χ2n) is 7.77. The van der Waals surface area contributed by atoms with Gasteiger partial charge in [-0.3, -0.25) is 9.36 Å². The van der Waals surface area contributed by atoms with E-state index in [1.54, 1.807) is 0 Å².